The lowest BCUT2D eigenvalue weighted by atomic mass is 9.72. The van der Waals surface area contributed by atoms with E-state index in [1.807, 2.05) is 18.2 Å². The van der Waals surface area contributed by atoms with Crippen LogP contribution in [0.5, 0.6) is 0 Å². The van der Waals surface area contributed by atoms with Gasteiger partial charge in [0.2, 0.25) is 5.91 Å². The molecule has 138 valence electrons. The number of hydrogen-bond acceptors (Lipinski definition) is 2. The van der Waals surface area contributed by atoms with Crippen LogP contribution in [0.25, 0.3) is 10.8 Å². The molecule has 0 spiro atoms. The van der Waals surface area contributed by atoms with Gasteiger partial charge in [-0.3, -0.25) is 4.79 Å². The molecule has 0 bridgehead atoms. The standard InChI is InChI=1S/C23H30N2O/c1-18(2)12-13-23(22(24)26,14-17-25-15-5-6-16-25)21-11-7-9-19-8-3-4-10-20(19)21/h3-4,7-12H,5-6,13-17H2,1-2H3,(H2,24,26). The predicted molar refractivity (Wildman–Crippen MR) is 109 cm³/mol. The number of primary amides is 1. The molecular weight excluding hydrogens is 320 g/mol. The summed E-state index contributed by atoms with van der Waals surface area (Å²) >= 11 is 0. The predicted octanol–water partition coefficient (Wildman–Crippen LogP) is 4.41. The molecule has 2 N–H and O–H groups in total. The van der Waals surface area contributed by atoms with Crippen LogP contribution in [0.4, 0.5) is 0 Å². The molecule has 1 atom stereocenters. The molecule has 0 saturated carbocycles. The highest BCUT2D eigenvalue weighted by atomic mass is 16.1. The van der Waals surface area contributed by atoms with Crippen molar-refractivity contribution in [1.82, 2.24) is 4.90 Å². The number of amides is 1. The van der Waals surface area contributed by atoms with Gasteiger partial charge in [-0.15, -0.1) is 0 Å². The van der Waals surface area contributed by atoms with Gasteiger partial charge in [-0.2, -0.15) is 0 Å². The highest BCUT2D eigenvalue weighted by molar-refractivity contribution is 5.95. The van der Waals surface area contributed by atoms with E-state index >= 15 is 0 Å². The molecule has 2 aromatic carbocycles. The van der Waals surface area contributed by atoms with E-state index in [0.717, 1.165) is 42.4 Å². The second kappa shape index (κ2) is 8.05. The number of nitrogens with two attached hydrogens (primary N) is 1. The summed E-state index contributed by atoms with van der Waals surface area (Å²) in [6.45, 7) is 7.34. The summed E-state index contributed by atoms with van der Waals surface area (Å²) in [6.07, 6.45) is 6.10. The lowest BCUT2D eigenvalue weighted by molar-refractivity contribution is -0.123. The number of likely N-dealkylation sites (tertiary alicyclic amines) is 1. The lowest BCUT2D eigenvalue weighted by Crippen LogP contribution is -2.43. The van der Waals surface area contributed by atoms with Crippen LogP contribution >= 0.6 is 0 Å². The van der Waals surface area contributed by atoms with Gasteiger partial charge >= 0.3 is 0 Å². The van der Waals surface area contributed by atoms with Crippen molar-refractivity contribution in [2.75, 3.05) is 19.6 Å². The largest absolute Gasteiger partial charge is 0.369 e. The van der Waals surface area contributed by atoms with Crippen molar-refractivity contribution < 1.29 is 4.79 Å². The first-order valence-corrected chi connectivity index (χ1v) is 9.67. The molecule has 2 aromatic rings. The van der Waals surface area contributed by atoms with Gasteiger partial charge in [0.25, 0.3) is 0 Å². The zero-order valence-corrected chi connectivity index (χ0v) is 16.0. The van der Waals surface area contributed by atoms with Crippen LogP contribution in [0, 0.1) is 0 Å². The SMILES string of the molecule is CC(C)=CCC(CCN1CCCC1)(C(N)=O)c1cccc2ccccc12. The number of carbonyl (C=O) groups is 1. The van der Waals surface area contributed by atoms with E-state index in [1.54, 1.807) is 0 Å². The highest BCUT2D eigenvalue weighted by Crippen LogP contribution is 2.37. The van der Waals surface area contributed by atoms with E-state index in [0.29, 0.717) is 6.42 Å². The number of allylic oxidation sites excluding steroid dienone is 2. The fourth-order valence-electron chi connectivity index (χ4n) is 4.08. The number of nitrogens with zero attached hydrogens (tertiary/aromatic N) is 1. The van der Waals surface area contributed by atoms with Crippen LogP contribution in [0.15, 0.2) is 54.1 Å². The van der Waals surface area contributed by atoms with Gasteiger partial charge in [0.1, 0.15) is 0 Å². The molecular formula is C23H30N2O. The topological polar surface area (TPSA) is 46.3 Å². The molecule has 1 aliphatic heterocycles. The third-order valence-electron chi connectivity index (χ3n) is 5.69. The van der Waals surface area contributed by atoms with Crippen molar-refractivity contribution in [2.24, 2.45) is 5.73 Å². The summed E-state index contributed by atoms with van der Waals surface area (Å²) < 4.78 is 0. The van der Waals surface area contributed by atoms with Crippen molar-refractivity contribution in [1.29, 1.82) is 0 Å². The quantitative estimate of drug-likeness (QED) is 0.752. The molecule has 3 heteroatoms. The Morgan fingerprint density at radius 3 is 2.50 bits per heavy atom. The first-order valence-electron chi connectivity index (χ1n) is 9.67. The van der Waals surface area contributed by atoms with Crippen LogP contribution in [-0.2, 0) is 10.2 Å². The third kappa shape index (κ3) is 3.83. The van der Waals surface area contributed by atoms with Gasteiger partial charge in [0.15, 0.2) is 0 Å². The second-order valence-corrected chi connectivity index (χ2v) is 7.76. The van der Waals surface area contributed by atoms with Crippen LogP contribution < -0.4 is 5.73 Å². The molecule has 3 nitrogen and oxygen atoms in total. The molecule has 0 aliphatic carbocycles. The number of rotatable bonds is 7. The number of benzene rings is 2. The van der Waals surface area contributed by atoms with Gasteiger partial charge in [-0.25, -0.2) is 0 Å². The summed E-state index contributed by atoms with van der Waals surface area (Å²) in [5.74, 6) is -0.217. The van der Waals surface area contributed by atoms with E-state index < -0.39 is 5.41 Å². The molecule has 1 saturated heterocycles. The van der Waals surface area contributed by atoms with Crippen molar-refractivity contribution in [2.45, 2.75) is 44.9 Å². The van der Waals surface area contributed by atoms with Gasteiger partial charge in [-0.05, 0) is 75.5 Å². The Balaban J connectivity index is 2.07. The first kappa shape index (κ1) is 18.7. The van der Waals surface area contributed by atoms with E-state index in [-0.39, 0.29) is 5.91 Å². The molecule has 3 rings (SSSR count). The lowest BCUT2D eigenvalue weighted by Gasteiger charge is -2.33. The fraction of sp³-hybridized carbons (Fsp3) is 0.435. The fourth-order valence-corrected chi connectivity index (χ4v) is 4.08. The van der Waals surface area contributed by atoms with Crippen LogP contribution in [0.2, 0.25) is 0 Å². The van der Waals surface area contributed by atoms with E-state index in [9.17, 15) is 4.79 Å². The Morgan fingerprint density at radius 1 is 1.12 bits per heavy atom. The molecule has 1 amide bonds. The smallest absolute Gasteiger partial charge is 0.228 e. The summed E-state index contributed by atoms with van der Waals surface area (Å²) in [4.78, 5) is 15.3. The summed E-state index contributed by atoms with van der Waals surface area (Å²) in [6, 6.07) is 14.5. The zero-order chi connectivity index (χ0) is 18.6. The molecule has 26 heavy (non-hydrogen) atoms. The summed E-state index contributed by atoms with van der Waals surface area (Å²) in [5.41, 5.74) is 7.70. The molecule has 1 fully saturated rings. The minimum Gasteiger partial charge on any atom is -0.369 e. The maximum Gasteiger partial charge on any atom is 0.228 e. The van der Waals surface area contributed by atoms with E-state index in [4.69, 9.17) is 5.73 Å². The van der Waals surface area contributed by atoms with Crippen LogP contribution in [0.3, 0.4) is 0 Å². The first-order chi connectivity index (χ1) is 12.5. The van der Waals surface area contributed by atoms with E-state index in [2.05, 4.69) is 49.1 Å². The Hall–Kier alpha value is -2.13. The highest BCUT2D eigenvalue weighted by Gasteiger charge is 2.39. The van der Waals surface area contributed by atoms with Gasteiger partial charge < -0.3 is 10.6 Å². The van der Waals surface area contributed by atoms with Crippen molar-refractivity contribution in [3.63, 3.8) is 0 Å². The Morgan fingerprint density at radius 2 is 1.81 bits per heavy atom. The monoisotopic (exact) mass is 350 g/mol. The molecule has 1 heterocycles. The van der Waals surface area contributed by atoms with Crippen LogP contribution in [-0.4, -0.2) is 30.4 Å². The number of carbonyl (C=O) groups excluding carboxylic acids is 1. The minimum absolute atomic E-state index is 0.217. The van der Waals surface area contributed by atoms with Gasteiger partial charge in [0, 0.05) is 0 Å². The van der Waals surface area contributed by atoms with Crippen molar-refractivity contribution >= 4 is 16.7 Å². The molecule has 0 radical (unpaired) electrons. The number of fused-ring (bicyclic) bond motifs is 1. The summed E-state index contributed by atoms with van der Waals surface area (Å²) in [7, 11) is 0. The Kier molecular flexibility index (Phi) is 5.77. The average molecular weight is 351 g/mol. The average Bonchev–Trinajstić information content (AvgIpc) is 3.15. The Bertz CT molecular complexity index is 795. The van der Waals surface area contributed by atoms with Gasteiger partial charge in [-0.1, -0.05) is 54.1 Å². The van der Waals surface area contributed by atoms with E-state index in [1.165, 1.54) is 18.4 Å². The van der Waals surface area contributed by atoms with Crippen LogP contribution in [0.1, 0.15) is 45.1 Å². The van der Waals surface area contributed by atoms with Gasteiger partial charge in [0.05, 0.1) is 5.41 Å². The molecule has 0 aromatic heterocycles. The minimum atomic E-state index is -0.666. The summed E-state index contributed by atoms with van der Waals surface area (Å²) in [5, 5.41) is 2.30. The zero-order valence-electron chi connectivity index (χ0n) is 16.0. The molecule has 1 unspecified atom stereocenters. The van der Waals surface area contributed by atoms with Crippen molar-refractivity contribution in [3.05, 3.63) is 59.7 Å². The second-order valence-electron chi connectivity index (χ2n) is 7.76. The van der Waals surface area contributed by atoms with Crippen molar-refractivity contribution in [3.8, 4) is 0 Å². The molecule has 1 aliphatic rings. The maximum atomic E-state index is 12.9. The normalized spacial score (nSPS) is 17.2. The Labute approximate surface area is 156 Å². The third-order valence-corrected chi connectivity index (χ3v) is 5.69. The maximum absolute atomic E-state index is 12.9. The number of hydrogen-bond donors (Lipinski definition) is 1.